The Balaban J connectivity index is 2.12. The van der Waals surface area contributed by atoms with Crippen LogP contribution in [0.1, 0.15) is 57.9 Å². The standard InChI is InChI=1S/C20H31Cl2NO/c1-15(2)13-19(23-11-4-5-12-24-3)20(9-6-10-20)16-7-8-17(21)18(22)14-16/h7-8,14-15,19,23H,4-6,9-13H2,1-3H3/t19-/m0/s1. The van der Waals surface area contributed by atoms with E-state index in [1.54, 1.807) is 7.11 Å². The second kappa shape index (κ2) is 9.43. The fraction of sp³-hybridized carbons (Fsp3) is 0.700. The Morgan fingerprint density at radius 3 is 2.46 bits per heavy atom. The summed E-state index contributed by atoms with van der Waals surface area (Å²) in [5.74, 6) is 0.668. The number of unbranched alkanes of at least 4 members (excludes halogenated alkanes) is 1. The van der Waals surface area contributed by atoms with E-state index in [2.05, 4.69) is 31.3 Å². The molecule has 1 N–H and O–H groups in total. The Hall–Kier alpha value is -0.280. The van der Waals surface area contributed by atoms with E-state index in [4.69, 9.17) is 27.9 Å². The van der Waals surface area contributed by atoms with Crippen LogP contribution in [-0.4, -0.2) is 26.3 Å². The van der Waals surface area contributed by atoms with Gasteiger partial charge < -0.3 is 10.1 Å². The van der Waals surface area contributed by atoms with Crippen molar-refractivity contribution in [2.24, 2.45) is 5.92 Å². The molecule has 1 fully saturated rings. The lowest BCUT2D eigenvalue weighted by Gasteiger charge is -2.49. The van der Waals surface area contributed by atoms with Crippen LogP contribution in [0.4, 0.5) is 0 Å². The molecular weight excluding hydrogens is 341 g/mol. The third-order valence-electron chi connectivity index (χ3n) is 5.28. The number of ether oxygens (including phenoxy) is 1. The van der Waals surface area contributed by atoms with Gasteiger partial charge in [0.25, 0.3) is 0 Å². The van der Waals surface area contributed by atoms with Crippen molar-refractivity contribution in [2.45, 2.75) is 63.8 Å². The van der Waals surface area contributed by atoms with Gasteiger partial charge in [0.05, 0.1) is 10.0 Å². The molecule has 1 aliphatic rings. The second-order valence-corrected chi connectivity index (χ2v) is 8.29. The minimum Gasteiger partial charge on any atom is -0.385 e. The summed E-state index contributed by atoms with van der Waals surface area (Å²) in [6.07, 6.45) is 7.20. The SMILES string of the molecule is COCCCCN[C@@H](CC(C)C)C1(c2ccc(Cl)c(Cl)c2)CCC1. The highest BCUT2D eigenvalue weighted by molar-refractivity contribution is 6.42. The maximum Gasteiger partial charge on any atom is 0.0595 e. The summed E-state index contributed by atoms with van der Waals surface area (Å²) in [6, 6.07) is 6.70. The van der Waals surface area contributed by atoms with Crippen LogP contribution >= 0.6 is 23.2 Å². The summed E-state index contributed by atoms with van der Waals surface area (Å²) in [7, 11) is 1.77. The van der Waals surface area contributed by atoms with Gasteiger partial charge in [-0.25, -0.2) is 0 Å². The average molecular weight is 372 g/mol. The molecule has 1 aromatic rings. The fourth-order valence-electron chi connectivity index (χ4n) is 3.83. The van der Waals surface area contributed by atoms with Gasteiger partial charge in [-0.15, -0.1) is 0 Å². The molecule has 2 nitrogen and oxygen atoms in total. The molecule has 136 valence electrons. The quantitative estimate of drug-likeness (QED) is 0.521. The molecule has 4 heteroatoms. The van der Waals surface area contributed by atoms with E-state index in [9.17, 15) is 0 Å². The summed E-state index contributed by atoms with van der Waals surface area (Å²) < 4.78 is 5.15. The van der Waals surface area contributed by atoms with Crippen LogP contribution in [0.25, 0.3) is 0 Å². The molecule has 0 bridgehead atoms. The summed E-state index contributed by atoms with van der Waals surface area (Å²) in [6.45, 7) is 6.50. The van der Waals surface area contributed by atoms with E-state index in [1.807, 2.05) is 6.07 Å². The molecule has 0 heterocycles. The highest BCUT2D eigenvalue weighted by Crippen LogP contribution is 2.49. The molecule has 0 amide bonds. The zero-order valence-corrected chi connectivity index (χ0v) is 16.7. The van der Waals surface area contributed by atoms with Crippen LogP contribution < -0.4 is 5.32 Å². The fourth-order valence-corrected chi connectivity index (χ4v) is 4.12. The van der Waals surface area contributed by atoms with Gasteiger partial charge in [0.15, 0.2) is 0 Å². The van der Waals surface area contributed by atoms with Crippen LogP contribution in [0.5, 0.6) is 0 Å². The van der Waals surface area contributed by atoms with Gasteiger partial charge in [0, 0.05) is 25.2 Å². The van der Waals surface area contributed by atoms with Crippen molar-refractivity contribution in [1.29, 1.82) is 0 Å². The van der Waals surface area contributed by atoms with Crippen molar-refractivity contribution < 1.29 is 4.74 Å². The number of nitrogens with one attached hydrogen (secondary N) is 1. The van der Waals surface area contributed by atoms with E-state index in [-0.39, 0.29) is 5.41 Å². The van der Waals surface area contributed by atoms with Crippen LogP contribution in [0.2, 0.25) is 10.0 Å². The third-order valence-corrected chi connectivity index (χ3v) is 6.02. The Kier molecular flexibility index (Phi) is 7.87. The minimum atomic E-state index is 0.208. The van der Waals surface area contributed by atoms with Crippen LogP contribution in [0, 0.1) is 5.92 Å². The first-order valence-corrected chi connectivity index (χ1v) is 9.93. The summed E-state index contributed by atoms with van der Waals surface area (Å²) in [5, 5.41) is 5.17. The first-order valence-electron chi connectivity index (χ1n) is 9.17. The van der Waals surface area contributed by atoms with Crippen LogP contribution in [0.3, 0.4) is 0 Å². The van der Waals surface area contributed by atoms with Crippen LogP contribution in [-0.2, 0) is 10.2 Å². The lowest BCUT2D eigenvalue weighted by atomic mass is 9.59. The molecule has 1 saturated carbocycles. The first-order chi connectivity index (χ1) is 11.5. The van der Waals surface area contributed by atoms with Gasteiger partial charge >= 0.3 is 0 Å². The van der Waals surface area contributed by atoms with Crippen molar-refractivity contribution in [3.05, 3.63) is 33.8 Å². The highest BCUT2D eigenvalue weighted by atomic mass is 35.5. The summed E-state index contributed by atoms with van der Waals surface area (Å²) in [5.41, 5.74) is 1.55. The lowest BCUT2D eigenvalue weighted by molar-refractivity contribution is 0.148. The molecule has 1 aliphatic carbocycles. The molecule has 2 rings (SSSR count). The molecule has 0 radical (unpaired) electrons. The largest absolute Gasteiger partial charge is 0.385 e. The van der Waals surface area contributed by atoms with E-state index >= 15 is 0 Å². The first kappa shape index (κ1) is 20.0. The van der Waals surface area contributed by atoms with Gasteiger partial charge in [-0.05, 0) is 62.3 Å². The Bertz CT molecular complexity index is 514. The van der Waals surface area contributed by atoms with Crippen molar-refractivity contribution in [3.8, 4) is 0 Å². The molecule has 24 heavy (non-hydrogen) atoms. The van der Waals surface area contributed by atoms with Gasteiger partial charge in [0.1, 0.15) is 0 Å². The molecule has 1 atom stereocenters. The van der Waals surface area contributed by atoms with Gasteiger partial charge in [-0.3, -0.25) is 0 Å². The van der Waals surface area contributed by atoms with Gasteiger partial charge in [0.2, 0.25) is 0 Å². The van der Waals surface area contributed by atoms with E-state index in [0.717, 1.165) is 26.0 Å². The summed E-state index contributed by atoms with van der Waals surface area (Å²) in [4.78, 5) is 0. The predicted octanol–water partition coefficient (Wildman–Crippen LogP) is 5.85. The summed E-state index contributed by atoms with van der Waals surface area (Å²) >= 11 is 12.4. The van der Waals surface area contributed by atoms with Crippen molar-refractivity contribution >= 4 is 23.2 Å². The third kappa shape index (κ3) is 4.88. The predicted molar refractivity (Wildman–Crippen MR) is 104 cm³/mol. The number of hydrogen-bond donors (Lipinski definition) is 1. The molecule has 0 unspecified atom stereocenters. The van der Waals surface area contributed by atoms with E-state index in [0.29, 0.717) is 22.0 Å². The van der Waals surface area contributed by atoms with Gasteiger partial charge in [-0.1, -0.05) is 49.5 Å². The molecule has 0 aliphatic heterocycles. The smallest absolute Gasteiger partial charge is 0.0595 e. The highest BCUT2D eigenvalue weighted by Gasteiger charge is 2.45. The zero-order chi connectivity index (χ0) is 17.6. The Morgan fingerprint density at radius 1 is 1.17 bits per heavy atom. The van der Waals surface area contributed by atoms with Crippen molar-refractivity contribution in [3.63, 3.8) is 0 Å². The second-order valence-electron chi connectivity index (χ2n) is 7.47. The van der Waals surface area contributed by atoms with E-state index in [1.165, 1.54) is 31.2 Å². The van der Waals surface area contributed by atoms with Gasteiger partial charge in [-0.2, -0.15) is 0 Å². The topological polar surface area (TPSA) is 21.3 Å². The normalized spacial score (nSPS) is 17.8. The number of hydrogen-bond acceptors (Lipinski definition) is 2. The number of benzene rings is 1. The maximum absolute atomic E-state index is 6.31. The molecule has 0 saturated heterocycles. The molecular formula is C20H31Cl2NO. The monoisotopic (exact) mass is 371 g/mol. The minimum absolute atomic E-state index is 0.208. The Morgan fingerprint density at radius 2 is 1.92 bits per heavy atom. The zero-order valence-electron chi connectivity index (χ0n) is 15.2. The number of rotatable bonds is 10. The lowest BCUT2D eigenvalue weighted by Crippen LogP contribution is -2.53. The molecule has 0 aromatic heterocycles. The molecule has 0 spiro atoms. The van der Waals surface area contributed by atoms with Crippen molar-refractivity contribution in [1.82, 2.24) is 5.32 Å². The van der Waals surface area contributed by atoms with Crippen molar-refractivity contribution in [2.75, 3.05) is 20.3 Å². The number of methoxy groups -OCH3 is 1. The van der Waals surface area contributed by atoms with E-state index < -0.39 is 0 Å². The maximum atomic E-state index is 6.31. The molecule has 1 aromatic carbocycles. The Labute approximate surface area is 157 Å². The number of halogens is 2. The van der Waals surface area contributed by atoms with Crippen LogP contribution in [0.15, 0.2) is 18.2 Å². The average Bonchev–Trinajstić information content (AvgIpc) is 2.48.